The molecule has 8 aromatic rings. The summed E-state index contributed by atoms with van der Waals surface area (Å²) in [6, 6.07) is 31.0. The van der Waals surface area contributed by atoms with Gasteiger partial charge in [-0.1, -0.05) is 178 Å². The first-order valence-electron chi connectivity index (χ1n) is 40.7. The predicted octanol–water partition coefficient (Wildman–Crippen LogP) is 20.2. The molecular weight excluding hydrogens is 1620 g/mol. The van der Waals surface area contributed by atoms with E-state index in [9.17, 15) is 81.7 Å². The van der Waals surface area contributed by atoms with E-state index in [0.717, 1.165) is 22.3 Å². The SMILES string of the molecule is CC(C)(O)C#Cc1cc(C(C)(C)C)cc(C#CC(C)(C)O)c1N=Nc1ccc(O)cc1O.CC(C)(O)C#Cc1cc(C(C)(C)C)cc(C#CC(C)(C)O)c1N=Nc1ccc(O)cc1O.CC(C)(O)C#Cc1cc(C(C)(C)C)cc(C#CC(C)(C)O)c1N=Nc1ccc(O)cc1O.CC(C)(O)C#Cc1cc(C(C)(C)C)cc(C#CC(C)(C)O)c1N=Nc1ccc(O)cc1O. The molecule has 0 saturated carbocycles. The summed E-state index contributed by atoms with van der Waals surface area (Å²) < 4.78 is 0. The van der Waals surface area contributed by atoms with Gasteiger partial charge in [0.1, 0.15) is 136 Å². The standard InChI is InChI=1S/4C26H30N2O4/c4*1-24(2,3)19-14-17(10-12-25(4,5)31)23(18(15-19)11-13-26(6,7)32)28-27-21-9-8-20(29)16-22(21)30/h4*8-9,14-16,29-32H,1-7H3. The number of rotatable bonds is 8. The first-order chi connectivity index (χ1) is 58.2. The molecule has 0 amide bonds. The Hall–Kier alpha value is -13.3. The number of phenolic OH excluding ortho intramolecular Hbond substituents is 8. The number of hydrogen-bond donors (Lipinski definition) is 16. The summed E-state index contributed by atoms with van der Waals surface area (Å²) in [6.45, 7) is 50.0. The first kappa shape index (κ1) is 105. The molecule has 0 aliphatic carbocycles. The highest BCUT2D eigenvalue weighted by Gasteiger charge is 2.26. The average molecular weight is 1740 g/mol. The Kier molecular flexibility index (Phi) is 34.1. The predicted molar refractivity (Wildman–Crippen MR) is 502 cm³/mol. The summed E-state index contributed by atoms with van der Waals surface area (Å²) in [7, 11) is 0. The molecule has 0 saturated heterocycles. The fourth-order valence-electron chi connectivity index (χ4n) is 10.0. The molecule has 24 heteroatoms. The summed E-state index contributed by atoms with van der Waals surface area (Å²) in [4.78, 5) is 0. The van der Waals surface area contributed by atoms with E-state index >= 15 is 0 Å². The van der Waals surface area contributed by atoms with Crippen molar-refractivity contribution in [1.29, 1.82) is 0 Å². The minimum absolute atomic E-state index is 0.0931. The van der Waals surface area contributed by atoms with Crippen LogP contribution in [0.25, 0.3) is 0 Å². The molecule has 0 radical (unpaired) electrons. The van der Waals surface area contributed by atoms with Crippen LogP contribution in [0.2, 0.25) is 0 Å². The van der Waals surface area contributed by atoms with Crippen molar-refractivity contribution >= 4 is 45.5 Å². The molecule has 0 fully saturated rings. The van der Waals surface area contributed by atoms with Gasteiger partial charge in [-0.15, -0.1) is 40.9 Å². The first-order valence-corrected chi connectivity index (χ1v) is 40.7. The maximum atomic E-state index is 10.1. The molecule has 16 N–H and O–H groups in total. The number of hydrogen-bond acceptors (Lipinski definition) is 24. The Labute approximate surface area is 753 Å². The van der Waals surface area contributed by atoms with Crippen molar-refractivity contribution in [2.24, 2.45) is 40.9 Å². The second kappa shape index (κ2) is 41.4. The van der Waals surface area contributed by atoms with Gasteiger partial charge in [-0.3, -0.25) is 0 Å². The summed E-state index contributed by atoms with van der Waals surface area (Å²) in [6.07, 6.45) is 0. The van der Waals surface area contributed by atoms with Gasteiger partial charge in [0.15, 0.2) is 0 Å². The number of aromatic hydroxyl groups is 8. The van der Waals surface area contributed by atoms with Gasteiger partial charge in [0.25, 0.3) is 0 Å². The van der Waals surface area contributed by atoms with Gasteiger partial charge < -0.3 is 81.7 Å². The van der Waals surface area contributed by atoms with Gasteiger partial charge in [0.2, 0.25) is 0 Å². The van der Waals surface area contributed by atoms with Crippen molar-refractivity contribution in [2.45, 2.75) is 260 Å². The zero-order valence-electron chi connectivity index (χ0n) is 78.3. The molecule has 128 heavy (non-hydrogen) atoms. The monoisotopic (exact) mass is 1740 g/mol. The molecule has 0 spiro atoms. The molecule has 0 unspecified atom stereocenters. The second-order valence-corrected chi connectivity index (χ2v) is 38.6. The summed E-state index contributed by atoms with van der Waals surface area (Å²) >= 11 is 0. The minimum Gasteiger partial charge on any atom is -0.508 e. The Balaban J connectivity index is 0.000000302. The smallest absolute Gasteiger partial charge is 0.146 e. The number of aliphatic hydroxyl groups is 8. The van der Waals surface area contributed by atoms with Crippen LogP contribution in [-0.2, 0) is 21.7 Å². The quantitative estimate of drug-likeness (QED) is 0.0496. The van der Waals surface area contributed by atoms with Crippen LogP contribution in [0.3, 0.4) is 0 Å². The zero-order valence-corrected chi connectivity index (χ0v) is 78.3. The van der Waals surface area contributed by atoms with E-state index in [4.69, 9.17) is 0 Å². The van der Waals surface area contributed by atoms with Crippen LogP contribution in [0.4, 0.5) is 45.5 Å². The number of phenols is 8. The van der Waals surface area contributed by atoms with Crippen LogP contribution < -0.4 is 0 Å². The maximum Gasteiger partial charge on any atom is 0.146 e. The Morgan fingerprint density at radius 1 is 0.180 bits per heavy atom. The maximum absolute atomic E-state index is 10.1. The highest BCUT2D eigenvalue weighted by atomic mass is 16.3. The van der Waals surface area contributed by atoms with Gasteiger partial charge >= 0.3 is 0 Å². The van der Waals surface area contributed by atoms with E-state index in [1.165, 1.54) is 72.8 Å². The Bertz CT molecular complexity index is 5150. The third-order valence-corrected chi connectivity index (χ3v) is 16.8. The van der Waals surface area contributed by atoms with Gasteiger partial charge in [0.05, 0.1) is 44.5 Å². The van der Waals surface area contributed by atoms with E-state index in [-0.39, 0.29) is 90.4 Å². The van der Waals surface area contributed by atoms with Gasteiger partial charge in [0, 0.05) is 24.3 Å². The molecule has 0 aromatic heterocycles. The van der Waals surface area contributed by atoms with Crippen molar-refractivity contribution < 1.29 is 81.7 Å². The molecule has 8 rings (SSSR count). The largest absolute Gasteiger partial charge is 0.508 e. The molecule has 0 bridgehead atoms. The summed E-state index contributed by atoms with van der Waals surface area (Å²) in [5.74, 6) is 44.9. The fourth-order valence-corrected chi connectivity index (χ4v) is 10.0. The molecule has 24 nitrogen and oxygen atoms in total. The third kappa shape index (κ3) is 37.1. The Morgan fingerprint density at radius 2 is 0.305 bits per heavy atom. The van der Waals surface area contributed by atoms with Gasteiger partial charge in [-0.05, 0) is 252 Å². The van der Waals surface area contributed by atoms with E-state index in [0.29, 0.717) is 67.3 Å². The lowest BCUT2D eigenvalue weighted by Crippen LogP contribution is -2.15. The van der Waals surface area contributed by atoms with Crippen molar-refractivity contribution in [2.75, 3.05) is 0 Å². The fraction of sp³-hybridized carbons (Fsp3) is 0.385. The van der Waals surface area contributed by atoms with Crippen LogP contribution >= 0.6 is 0 Å². The molecule has 0 aliphatic heterocycles. The van der Waals surface area contributed by atoms with Crippen LogP contribution in [0, 0.1) is 94.7 Å². The van der Waals surface area contributed by atoms with Crippen molar-refractivity contribution in [3.63, 3.8) is 0 Å². The lowest BCUT2D eigenvalue weighted by atomic mass is 9.84. The van der Waals surface area contributed by atoms with E-state index in [1.54, 1.807) is 111 Å². The number of benzene rings is 8. The normalized spacial score (nSPS) is 12.2. The highest BCUT2D eigenvalue weighted by molar-refractivity contribution is 5.73. The van der Waals surface area contributed by atoms with Crippen molar-refractivity contribution in [3.05, 3.63) is 188 Å². The third-order valence-electron chi connectivity index (χ3n) is 16.8. The summed E-state index contributed by atoms with van der Waals surface area (Å²) in [5, 5.41) is 193. The van der Waals surface area contributed by atoms with E-state index in [1.807, 2.05) is 48.5 Å². The van der Waals surface area contributed by atoms with Crippen molar-refractivity contribution in [1.82, 2.24) is 0 Å². The highest BCUT2D eigenvalue weighted by Crippen LogP contribution is 2.42. The van der Waals surface area contributed by atoms with Crippen LogP contribution in [0.15, 0.2) is 162 Å². The molecule has 8 aromatic carbocycles. The van der Waals surface area contributed by atoms with Crippen LogP contribution in [0.1, 0.15) is 261 Å². The topological polar surface area (TPSA) is 423 Å². The van der Waals surface area contributed by atoms with E-state index < -0.39 is 44.8 Å². The molecule has 672 valence electrons. The minimum atomic E-state index is -1.22. The molecular formula is C104H120N8O16. The molecule has 0 heterocycles. The lowest BCUT2D eigenvalue weighted by Gasteiger charge is -2.21. The summed E-state index contributed by atoms with van der Waals surface area (Å²) in [5.41, 5.74) is -0.838. The second-order valence-electron chi connectivity index (χ2n) is 38.6. The van der Waals surface area contributed by atoms with Crippen LogP contribution in [0.5, 0.6) is 46.0 Å². The number of azo groups is 4. The van der Waals surface area contributed by atoms with Gasteiger partial charge in [-0.25, -0.2) is 0 Å². The zero-order chi connectivity index (χ0) is 97.3. The number of nitrogens with zero attached hydrogens (tertiary/aromatic N) is 8. The van der Waals surface area contributed by atoms with E-state index in [2.05, 4.69) is 219 Å². The average Bonchev–Trinajstić information content (AvgIpc) is 0.806. The Morgan fingerprint density at radius 3 is 0.406 bits per heavy atom. The van der Waals surface area contributed by atoms with Crippen molar-refractivity contribution in [3.8, 4) is 141 Å². The van der Waals surface area contributed by atoms with Crippen LogP contribution in [-0.4, -0.2) is 127 Å². The molecule has 0 aliphatic rings. The van der Waals surface area contributed by atoms with Gasteiger partial charge in [-0.2, -0.15) is 0 Å². The molecule has 0 atom stereocenters. The lowest BCUT2D eigenvalue weighted by molar-refractivity contribution is 0.143.